The largest absolute Gasteiger partial charge is 0.361 e. The highest BCUT2D eigenvalue weighted by Gasteiger charge is 2.29. The lowest BCUT2D eigenvalue weighted by Gasteiger charge is -2.32. The molecule has 1 aliphatic rings. The van der Waals surface area contributed by atoms with Gasteiger partial charge in [0, 0.05) is 44.6 Å². The number of rotatable bonds is 7. The maximum absolute atomic E-state index is 14.5. The van der Waals surface area contributed by atoms with Crippen LogP contribution in [0.1, 0.15) is 17.1 Å². The first kappa shape index (κ1) is 27.0. The summed E-state index contributed by atoms with van der Waals surface area (Å²) in [5.41, 5.74) is 9.00. The van der Waals surface area contributed by atoms with E-state index in [1.165, 1.54) is 11.3 Å². The van der Waals surface area contributed by atoms with Crippen LogP contribution in [0.3, 0.4) is 0 Å². The SMILES string of the molecule is Cc1nc2ccc(-c3cn(COCC[Si](C)(C)C)c4nc(N5CC[C@@H](N)[C@H](F)C5)nc(C#N)c34)c(Cl)c2s1. The average molecular weight is 572 g/mol. The maximum atomic E-state index is 14.5. The second-order valence-corrected chi connectivity index (χ2v) is 18.2. The number of aromatic nitrogens is 4. The van der Waals surface area contributed by atoms with E-state index in [0.717, 1.165) is 32.4 Å². The van der Waals surface area contributed by atoms with Crippen molar-refractivity contribution in [2.24, 2.45) is 5.73 Å². The summed E-state index contributed by atoms with van der Waals surface area (Å²) in [6, 6.07) is 6.62. The summed E-state index contributed by atoms with van der Waals surface area (Å²) < 4.78 is 23.3. The average Bonchev–Trinajstić information content (AvgIpc) is 3.43. The Bertz CT molecular complexity index is 1540. The molecule has 0 radical (unpaired) electrons. The highest BCUT2D eigenvalue weighted by Crippen LogP contribution is 2.41. The lowest BCUT2D eigenvalue weighted by Crippen LogP contribution is -2.49. The highest BCUT2D eigenvalue weighted by molar-refractivity contribution is 7.19. The number of benzene rings is 1. The molecule has 0 bridgehead atoms. The second-order valence-electron chi connectivity index (χ2n) is 11.0. The molecule has 2 atom stereocenters. The van der Waals surface area contributed by atoms with E-state index in [1.807, 2.05) is 29.8 Å². The zero-order chi connectivity index (χ0) is 27.2. The van der Waals surface area contributed by atoms with Gasteiger partial charge in [-0.15, -0.1) is 11.3 Å². The standard InChI is InChI=1S/C26H31ClFN7OSSi/c1-15-31-20-6-5-16(23(27)24(20)37-15)17-12-35(14-36-9-10-38(2,3)4)25-22(17)21(11-29)32-26(33-25)34-8-7-19(30)18(28)13-34/h5-6,12,18-19H,7-10,13-14,30H2,1-4H3/t18-,19-/m1/s1. The van der Waals surface area contributed by atoms with Crippen molar-refractivity contribution in [1.82, 2.24) is 19.5 Å². The summed E-state index contributed by atoms with van der Waals surface area (Å²) in [6.45, 7) is 10.4. The molecular weight excluding hydrogens is 541 g/mol. The van der Waals surface area contributed by atoms with Gasteiger partial charge in [0.25, 0.3) is 0 Å². The summed E-state index contributed by atoms with van der Waals surface area (Å²) in [6.07, 6.45) is 1.22. The van der Waals surface area contributed by atoms with Crippen molar-refractivity contribution in [2.75, 3.05) is 24.6 Å². The number of nitrogens with two attached hydrogens (primary N) is 1. The molecule has 0 saturated carbocycles. The first-order valence-corrected chi connectivity index (χ1v) is 17.5. The number of hydrogen-bond acceptors (Lipinski definition) is 8. The van der Waals surface area contributed by atoms with Gasteiger partial charge in [-0.2, -0.15) is 10.2 Å². The van der Waals surface area contributed by atoms with Crippen LogP contribution in [0.5, 0.6) is 0 Å². The van der Waals surface area contributed by atoms with Crippen molar-refractivity contribution >= 4 is 58.2 Å². The molecule has 8 nitrogen and oxygen atoms in total. The van der Waals surface area contributed by atoms with Crippen molar-refractivity contribution in [3.05, 3.63) is 34.1 Å². The summed E-state index contributed by atoms with van der Waals surface area (Å²) in [7, 11) is -1.26. The van der Waals surface area contributed by atoms with Crippen molar-refractivity contribution in [1.29, 1.82) is 5.26 Å². The van der Waals surface area contributed by atoms with Crippen molar-refractivity contribution in [2.45, 2.75) is 58.0 Å². The van der Waals surface area contributed by atoms with Crippen molar-refractivity contribution in [3.63, 3.8) is 0 Å². The molecule has 4 heterocycles. The number of alkyl halides is 1. The van der Waals surface area contributed by atoms with Crippen molar-refractivity contribution < 1.29 is 9.13 Å². The Morgan fingerprint density at radius 3 is 2.76 bits per heavy atom. The minimum Gasteiger partial charge on any atom is -0.361 e. The monoisotopic (exact) mass is 571 g/mol. The van der Waals surface area contributed by atoms with Crippen molar-refractivity contribution in [3.8, 4) is 17.2 Å². The number of piperidine rings is 1. The first-order chi connectivity index (χ1) is 18.1. The van der Waals surface area contributed by atoms with Gasteiger partial charge in [0.1, 0.15) is 24.6 Å². The second kappa shape index (κ2) is 10.5. The molecule has 0 aliphatic carbocycles. The van der Waals surface area contributed by atoms with Gasteiger partial charge in [0.15, 0.2) is 5.69 Å². The minimum absolute atomic E-state index is 0.0883. The van der Waals surface area contributed by atoms with Gasteiger partial charge in [0.2, 0.25) is 5.95 Å². The number of aryl methyl sites for hydroxylation is 1. The van der Waals surface area contributed by atoms with Gasteiger partial charge in [-0.1, -0.05) is 37.3 Å². The highest BCUT2D eigenvalue weighted by atomic mass is 35.5. The third kappa shape index (κ3) is 5.28. The van der Waals surface area contributed by atoms with E-state index >= 15 is 0 Å². The third-order valence-electron chi connectivity index (χ3n) is 6.81. The Hall–Kier alpha value is -2.62. The molecule has 0 unspecified atom stereocenters. The van der Waals surface area contributed by atoms with E-state index < -0.39 is 20.3 Å². The predicted molar refractivity (Wildman–Crippen MR) is 154 cm³/mol. The fourth-order valence-electron chi connectivity index (χ4n) is 4.62. The van der Waals surface area contributed by atoms with Gasteiger partial charge in [-0.25, -0.2) is 14.4 Å². The van der Waals surface area contributed by atoms with E-state index in [9.17, 15) is 9.65 Å². The van der Waals surface area contributed by atoms with Gasteiger partial charge in [0.05, 0.1) is 32.2 Å². The zero-order valence-corrected chi connectivity index (χ0v) is 24.5. The van der Waals surface area contributed by atoms with Gasteiger partial charge >= 0.3 is 0 Å². The van der Waals surface area contributed by atoms with Crippen LogP contribution < -0.4 is 10.6 Å². The first-order valence-electron chi connectivity index (χ1n) is 12.6. The molecule has 3 aromatic heterocycles. The van der Waals surface area contributed by atoms with E-state index in [4.69, 9.17) is 27.1 Å². The number of fused-ring (bicyclic) bond motifs is 2. The number of anilines is 1. The number of ether oxygens (including phenoxy) is 1. The maximum Gasteiger partial charge on any atom is 0.228 e. The molecule has 0 spiro atoms. The Morgan fingerprint density at radius 1 is 1.26 bits per heavy atom. The summed E-state index contributed by atoms with van der Waals surface area (Å²) in [5.74, 6) is 0.316. The van der Waals surface area contributed by atoms with Crippen LogP contribution in [-0.2, 0) is 11.5 Å². The lowest BCUT2D eigenvalue weighted by atomic mass is 10.0. The molecular formula is C26H31ClFN7OSSi. The van der Waals surface area contributed by atoms with Crippen LogP contribution in [0.25, 0.3) is 32.4 Å². The lowest BCUT2D eigenvalue weighted by molar-refractivity contribution is 0.0899. The van der Waals surface area contributed by atoms with Crippen LogP contribution >= 0.6 is 22.9 Å². The number of nitriles is 1. The number of nitrogens with zero attached hydrogens (tertiary/aromatic N) is 6. The molecule has 1 fully saturated rings. The molecule has 200 valence electrons. The fourth-order valence-corrected chi connectivity index (χ4v) is 6.62. The van der Waals surface area contributed by atoms with Crippen LogP contribution in [0.15, 0.2) is 18.3 Å². The molecule has 12 heteroatoms. The van der Waals surface area contributed by atoms with Crippen LogP contribution in [0, 0.1) is 18.3 Å². The minimum atomic E-state index is -1.26. The predicted octanol–water partition coefficient (Wildman–Crippen LogP) is 5.73. The molecule has 38 heavy (non-hydrogen) atoms. The summed E-state index contributed by atoms with van der Waals surface area (Å²) in [5, 5.41) is 12.2. The summed E-state index contributed by atoms with van der Waals surface area (Å²) in [4.78, 5) is 15.7. The number of halogens is 2. The zero-order valence-electron chi connectivity index (χ0n) is 22.0. The van der Waals surface area contributed by atoms with Crippen LogP contribution in [-0.4, -0.2) is 59.5 Å². The molecule has 1 saturated heterocycles. The molecule has 0 amide bonds. The van der Waals surface area contributed by atoms with Gasteiger partial charge in [-0.3, -0.25) is 0 Å². The number of hydrogen-bond donors (Lipinski definition) is 1. The normalized spacial score (nSPS) is 18.4. The van der Waals surface area contributed by atoms with E-state index in [0.29, 0.717) is 41.6 Å². The molecule has 1 aromatic carbocycles. The Morgan fingerprint density at radius 2 is 2.05 bits per heavy atom. The van der Waals surface area contributed by atoms with E-state index in [2.05, 4.69) is 35.7 Å². The molecule has 4 aromatic rings. The molecule has 1 aliphatic heterocycles. The van der Waals surface area contributed by atoms with Crippen LogP contribution in [0.4, 0.5) is 10.3 Å². The number of thiazole rings is 1. The fraction of sp³-hybridized carbons (Fsp3) is 0.462. The Labute approximate surface area is 231 Å². The Kier molecular flexibility index (Phi) is 7.45. The summed E-state index contributed by atoms with van der Waals surface area (Å²) >= 11 is 8.43. The van der Waals surface area contributed by atoms with Gasteiger partial charge in [-0.05, 0) is 25.5 Å². The third-order valence-corrected chi connectivity index (χ3v) is 10.0. The smallest absolute Gasteiger partial charge is 0.228 e. The Balaban J connectivity index is 1.63. The molecule has 5 rings (SSSR count). The topological polar surface area (TPSA) is 106 Å². The van der Waals surface area contributed by atoms with E-state index in [-0.39, 0.29) is 19.0 Å². The quantitative estimate of drug-likeness (QED) is 0.223. The van der Waals surface area contributed by atoms with Crippen LogP contribution in [0.2, 0.25) is 30.7 Å². The van der Waals surface area contributed by atoms with Gasteiger partial charge < -0.3 is 19.9 Å². The molecule has 2 N–H and O–H groups in total. The van der Waals surface area contributed by atoms with E-state index in [1.54, 1.807) is 4.90 Å².